The van der Waals surface area contributed by atoms with Gasteiger partial charge in [0.15, 0.2) is 0 Å². The fourth-order valence-corrected chi connectivity index (χ4v) is 2.02. The van der Waals surface area contributed by atoms with Crippen molar-refractivity contribution < 1.29 is 48.2 Å². The molecule has 3 rings (SSSR count). The van der Waals surface area contributed by atoms with E-state index < -0.39 is 5.97 Å². The number of carboxylic acids is 1. The molecule has 0 amide bonds. The Bertz CT molecular complexity index is 854. The molecular weight excluding hydrogens is 279 g/mol. The topological polar surface area (TPSA) is 67.5 Å². The van der Waals surface area contributed by atoms with Crippen LogP contribution in [0.25, 0.3) is 21.9 Å². The first-order valence-electron chi connectivity index (χ1n) is 5.36. The molecule has 0 saturated carbocycles. The van der Waals surface area contributed by atoms with Crippen LogP contribution in [0.15, 0.2) is 51.7 Å². The Labute approximate surface area is 156 Å². The van der Waals surface area contributed by atoms with Gasteiger partial charge in [-0.2, -0.15) is 0 Å². The van der Waals surface area contributed by atoms with Crippen molar-refractivity contribution in [3.05, 3.63) is 58.3 Å². The number of rotatable bonds is 1. The van der Waals surface area contributed by atoms with Crippen molar-refractivity contribution in [1.82, 2.24) is 0 Å². The van der Waals surface area contributed by atoms with Crippen LogP contribution < -0.4 is 35.0 Å². The number of carbonyl (C=O) groups is 1. The van der Waals surface area contributed by atoms with Crippen molar-refractivity contribution in [1.29, 1.82) is 0 Å². The summed E-state index contributed by atoms with van der Waals surface area (Å²) in [5.74, 6) is -1.14. The molecule has 2 aromatic carbocycles. The van der Waals surface area contributed by atoms with Crippen LogP contribution in [-0.2, 0) is 0 Å². The zero-order chi connectivity index (χ0) is 12.7. The Morgan fingerprint density at radius 2 is 1.70 bits per heavy atom. The average molecular weight is 291 g/mol. The zero-order valence-corrected chi connectivity index (χ0v) is 14.3. The van der Waals surface area contributed by atoms with Crippen molar-refractivity contribution in [2.24, 2.45) is 0 Å². The molecular formula is C14H11MgNaO4. The minimum absolute atomic E-state index is 0. The molecule has 1 aromatic heterocycles. The van der Waals surface area contributed by atoms with Crippen LogP contribution >= 0.6 is 0 Å². The summed E-state index contributed by atoms with van der Waals surface area (Å²) in [4.78, 5) is 23.4. The minimum atomic E-state index is -1.14. The molecule has 3 aromatic rings. The molecule has 1 N–H and O–H groups in total. The van der Waals surface area contributed by atoms with E-state index in [-0.39, 0.29) is 73.3 Å². The van der Waals surface area contributed by atoms with Crippen LogP contribution in [0.4, 0.5) is 0 Å². The molecule has 94 valence electrons. The molecule has 4 nitrogen and oxygen atoms in total. The Balaban J connectivity index is -0.000000800. The van der Waals surface area contributed by atoms with Gasteiger partial charge in [0.05, 0.1) is 16.3 Å². The van der Waals surface area contributed by atoms with E-state index in [9.17, 15) is 9.59 Å². The SMILES string of the molecule is O=C(O)c1cccc2oc3ccccc3c(=O)c12.[H-].[H-].[H-].[Mg+2].[Na+]. The summed E-state index contributed by atoms with van der Waals surface area (Å²) >= 11 is 0. The quantitative estimate of drug-likeness (QED) is 0.489. The smallest absolute Gasteiger partial charge is 1.00 e. The van der Waals surface area contributed by atoms with Crippen LogP contribution in [0.1, 0.15) is 14.6 Å². The third kappa shape index (κ3) is 2.77. The fourth-order valence-electron chi connectivity index (χ4n) is 2.02. The van der Waals surface area contributed by atoms with Gasteiger partial charge < -0.3 is 13.8 Å². The summed E-state index contributed by atoms with van der Waals surface area (Å²) in [6.07, 6.45) is 0. The van der Waals surface area contributed by atoms with Crippen LogP contribution in [0.5, 0.6) is 0 Å². The van der Waals surface area contributed by atoms with Gasteiger partial charge in [-0.3, -0.25) is 4.79 Å². The number of fused-ring (bicyclic) bond motifs is 2. The van der Waals surface area contributed by atoms with Gasteiger partial charge in [-0.1, -0.05) is 18.2 Å². The third-order valence-electron chi connectivity index (χ3n) is 2.84. The molecule has 0 unspecified atom stereocenters. The van der Waals surface area contributed by atoms with E-state index in [1.54, 1.807) is 36.4 Å². The molecule has 0 radical (unpaired) electrons. The molecule has 20 heavy (non-hydrogen) atoms. The molecule has 0 bridgehead atoms. The Morgan fingerprint density at radius 3 is 2.40 bits per heavy atom. The maximum atomic E-state index is 12.3. The van der Waals surface area contributed by atoms with E-state index in [1.165, 1.54) is 6.07 Å². The molecule has 0 saturated heterocycles. The zero-order valence-electron chi connectivity index (χ0n) is 13.9. The minimum Gasteiger partial charge on any atom is -1.00 e. The second-order valence-electron chi connectivity index (χ2n) is 3.91. The van der Waals surface area contributed by atoms with E-state index in [4.69, 9.17) is 9.52 Å². The largest absolute Gasteiger partial charge is 2.00 e. The first kappa shape index (κ1) is 17.2. The second kappa shape index (κ2) is 6.73. The van der Waals surface area contributed by atoms with E-state index in [1.807, 2.05) is 0 Å². The maximum Gasteiger partial charge on any atom is 2.00 e. The molecule has 0 aliphatic heterocycles. The molecule has 6 heteroatoms. The molecule has 0 aliphatic rings. The van der Waals surface area contributed by atoms with Gasteiger partial charge in [0.2, 0.25) is 5.43 Å². The number of para-hydroxylation sites is 1. The molecule has 0 spiro atoms. The summed E-state index contributed by atoms with van der Waals surface area (Å²) < 4.78 is 5.55. The van der Waals surface area contributed by atoms with E-state index >= 15 is 0 Å². The van der Waals surface area contributed by atoms with E-state index in [0.29, 0.717) is 16.6 Å². The number of benzene rings is 2. The molecule has 0 fully saturated rings. The van der Waals surface area contributed by atoms with E-state index in [2.05, 4.69) is 0 Å². The molecule has 0 atom stereocenters. The first-order valence-corrected chi connectivity index (χ1v) is 5.36. The number of carboxylic acid groups (broad SMARTS) is 1. The van der Waals surface area contributed by atoms with Gasteiger partial charge in [-0.15, -0.1) is 0 Å². The Kier molecular flexibility index (Phi) is 5.79. The normalized spacial score (nSPS) is 9.80. The van der Waals surface area contributed by atoms with Crippen LogP contribution in [0, 0.1) is 0 Å². The summed E-state index contributed by atoms with van der Waals surface area (Å²) in [6.45, 7) is 0. The van der Waals surface area contributed by atoms with Crippen molar-refractivity contribution in [2.45, 2.75) is 0 Å². The van der Waals surface area contributed by atoms with Crippen LogP contribution in [0.3, 0.4) is 0 Å². The van der Waals surface area contributed by atoms with Crippen LogP contribution in [-0.4, -0.2) is 34.1 Å². The van der Waals surface area contributed by atoms with E-state index in [0.717, 1.165) is 0 Å². The number of hydrogen-bond acceptors (Lipinski definition) is 3. The van der Waals surface area contributed by atoms with Gasteiger partial charge in [0.25, 0.3) is 0 Å². The van der Waals surface area contributed by atoms with Gasteiger partial charge in [0.1, 0.15) is 11.2 Å². The number of hydrogen-bond donors (Lipinski definition) is 1. The summed E-state index contributed by atoms with van der Waals surface area (Å²) in [6, 6.07) is 11.3. The summed E-state index contributed by atoms with van der Waals surface area (Å²) in [5.41, 5.74) is 0.396. The Hall–Kier alpha value is -0.854. The van der Waals surface area contributed by atoms with Gasteiger partial charge in [-0.25, -0.2) is 4.79 Å². The standard InChI is InChI=1S/C14H8O4.Mg.Na.3H/c15-13-8-4-1-2-6-10(8)18-11-7-3-5-9(12(11)13)14(16)17;;;;;/h1-7H,(H,16,17);;;;;/q;+2;+1;3*-1. The van der Waals surface area contributed by atoms with Gasteiger partial charge >= 0.3 is 58.6 Å². The van der Waals surface area contributed by atoms with Crippen molar-refractivity contribution in [2.75, 3.05) is 0 Å². The van der Waals surface area contributed by atoms with Gasteiger partial charge in [-0.05, 0) is 24.3 Å². The maximum absolute atomic E-state index is 12.3. The van der Waals surface area contributed by atoms with Gasteiger partial charge in [0, 0.05) is 0 Å². The second-order valence-corrected chi connectivity index (χ2v) is 3.91. The monoisotopic (exact) mass is 290 g/mol. The summed E-state index contributed by atoms with van der Waals surface area (Å²) in [7, 11) is 0. The number of aromatic carboxylic acids is 1. The van der Waals surface area contributed by atoms with Crippen LogP contribution in [0.2, 0.25) is 0 Å². The van der Waals surface area contributed by atoms with Crippen molar-refractivity contribution in [3.63, 3.8) is 0 Å². The molecule has 0 aliphatic carbocycles. The van der Waals surface area contributed by atoms with Crippen molar-refractivity contribution in [3.8, 4) is 0 Å². The first-order chi connectivity index (χ1) is 8.68. The predicted octanol–water partition coefficient (Wildman–Crippen LogP) is -0.395. The predicted molar refractivity (Wildman–Crippen MR) is 76.0 cm³/mol. The molecule has 1 heterocycles. The average Bonchev–Trinajstić information content (AvgIpc) is 2.38. The fraction of sp³-hybridized carbons (Fsp3) is 0. The third-order valence-corrected chi connectivity index (χ3v) is 2.84. The Morgan fingerprint density at radius 1 is 1.05 bits per heavy atom. The van der Waals surface area contributed by atoms with Crippen molar-refractivity contribution >= 4 is 51.0 Å². The summed E-state index contributed by atoms with van der Waals surface area (Å²) in [5, 5.41) is 9.60.